The van der Waals surface area contributed by atoms with Crippen molar-refractivity contribution in [3.63, 3.8) is 0 Å². The van der Waals surface area contributed by atoms with Crippen LogP contribution in [0.25, 0.3) is 0 Å². The van der Waals surface area contributed by atoms with E-state index in [9.17, 15) is 9.90 Å². The molecule has 29 heavy (non-hydrogen) atoms. The van der Waals surface area contributed by atoms with Crippen molar-refractivity contribution >= 4 is 17.6 Å². The molecule has 4 atom stereocenters. The number of likely N-dealkylation sites (N-methyl/N-ethyl adjacent to an activating group) is 1. The maximum absolute atomic E-state index is 12.4. The molecule has 4 fully saturated rings. The molecule has 5 aliphatic rings. The van der Waals surface area contributed by atoms with Gasteiger partial charge in [0.15, 0.2) is 0 Å². The second-order valence-corrected chi connectivity index (χ2v) is 9.43. The first-order valence-electron chi connectivity index (χ1n) is 11.0. The van der Waals surface area contributed by atoms with Crippen molar-refractivity contribution in [2.75, 3.05) is 46.9 Å². The maximum Gasteiger partial charge on any atom is 0.313 e. The van der Waals surface area contributed by atoms with Crippen LogP contribution in [0.15, 0.2) is 22.9 Å². The summed E-state index contributed by atoms with van der Waals surface area (Å²) in [6, 6.07) is 0.307. The molecule has 0 aromatic carbocycles. The van der Waals surface area contributed by atoms with Gasteiger partial charge in [-0.3, -0.25) is 9.69 Å². The van der Waals surface area contributed by atoms with E-state index in [4.69, 9.17) is 16.3 Å². The predicted octanol–water partition coefficient (Wildman–Crippen LogP) is 2.51. The number of hydrogen-bond donors (Lipinski definition) is 2. The zero-order valence-corrected chi connectivity index (χ0v) is 18.3. The van der Waals surface area contributed by atoms with E-state index in [-0.39, 0.29) is 5.92 Å². The fraction of sp³-hybridized carbons (Fsp3) is 0.773. The number of carboxylic acids is 1. The summed E-state index contributed by atoms with van der Waals surface area (Å²) in [6.07, 6.45) is 9.71. The Kier molecular flexibility index (Phi) is 6.26. The van der Waals surface area contributed by atoms with E-state index >= 15 is 0 Å². The molecule has 0 radical (unpaired) electrons. The SMILES string of the molecule is CNC1=CC(OC)(C2C3CCN(CC3)C2CN2CCCCC2)C(C(=O)O)C=C1Cl. The number of nitrogens with zero attached hydrogens (tertiary/aromatic N) is 2. The third kappa shape index (κ3) is 3.73. The quantitative estimate of drug-likeness (QED) is 0.684. The van der Waals surface area contributed by atoms with Gasteiger partial charge in [-0.2, -0.15) is 0 Å². The van der Waals surface area contributed by atoms with Crippen LogP contribution in [0.2, 0.25) is 0 Å². The average molecular weight is 424 g/mol. The molecule has 0 spiro atoms. The van der Waals surface area contributed by atoms with Gasteiger partial charge < -0.3 is 20.1 Å². The van der Waals surface area contributed by atoms with Crippen molar-refractivity contribution < 1.29 is 14.6 Å². The summed E-state index contributed by atoms with van der Waals surface area (Å²) in [5, 5.41) is 13.7. The fourth-order valence-electron chi connectivity index (χ4n) is 6.29. The number of likely N-dealkylation sites (tertiary alicyclic amines) is 1. The van der Waals surface area contributed by atoms with E-state index < -0.39 is 17.5 Å². The topological polar surface area (TPSA) is 65.0 Å². The van der Waals surface area contributed by atoms with E-state index in [0.29, 0.717) is 17.0 Å². The Balaban J connectivity index is 1.73. The highest BCUT2D eigenvalue weighted by Crippen LogP contribution is 2.50. The molecule has 4 saturated heterocycles. The third-order valence-corrected chi connectivity index (χ3v) is 8.03. The van der Waals surface area contributed by atoms with Crippen molar-refractivity contribution in [1.29, 1.82) is 0 Å². The Morgan fingerprint density at radius 2 is 1.97 bits per heavy atom. The number of piperidine rings is 4. The summed E-state index contributed by atoms with van der Waals surface area (Å²) >= 11 is 6.41. The zero-order valence-electron chi connectivity index (χ0n) is 17.6. The summed E-state index contributed by atoms with van der Waals surface area (Å²) in [7, 11) is 3.49. The average Bonchev–Trinajstić information content (AvgIpc) is 2.75. The summed E-state index contributed by atoms with van der Waals surface area (Å²) in [4.78, 5) is 17.5. The fourth-order valence-corrected chi connectivity index (χ4v) is 6.56. The lowest BCUT2D eigenvalue weighted by Gasteiger charge is -2.58. The number of carbonyl (C=O) groups is 1. The standard InChI is InChI=1S/C22H34ClN3O3/c1-24-18-13-22(29-2,16(21(27)28)12-17(18)23)20-15-6-10-26(11-7-15)19(20)14-25-8-4-3-5-9-25/h12-13,15-16,19-20,24H,3-11,14H2,1-2H3,(H,27,28). The van der Waals surface area contributed by atoms with Gasteiger partial charge in [0.1, 0.15) is 11.5 Å². The van der Waals surface area contributed by atoms with Gasteiger partial charge in [-0.15, -0.1) is 0 Å². The predicted molar refractivity (Wildman–Crippen MR) is 114 cm³/mol. The minimum Gasteiger partial charge on any atom is -0.481 e. The van der Waals surface area contributed by atoms with Crippen molar-refractivity contribution in [3.8, 4) is 0 Å². The molecular formula is C22H34ClN3O3. The molecule has 6 nitrogen and oxygen atoms in total. The van der Waals surface area contributed by atoms with Crippen LogP contribution in [0, 0.1) is 17.8 Å². The molecule has 0 saturated carbocycles. The number of hydrogen-bond acceptors (Lipinski definition) is 5. The van der Waals surface area contributed by atoms with Gasteiger partial charge in [-0.25, -0.2) is 0 Å². The van der Waals surface area contributed by atoms with E-state index in [1.807, 2.05) is 13.1 Å². The van der Waals surface area contributed by atoms with Crippen molar-refractivity contribution in [2.24, 2.45) is 17.8 Å². The second kappa shape index (κ2) is 8.58. The van der Waals surface area contributed by atoms with Gasteiger partial charge >= 0.3 is 5.97 Å². The number of methoxy groups -OCH3 is 1. The van der Waals surface area contributed by atoms with Crippen LogP contribution in [0.5, 0.6) is 0 Å². The second-order valence-electron chi connectivity index (χ2n) is 9.02. The van der Waals surface area contributed by atoms with Crippen LogP contribution in [-0.2, 0) is 9.53 Å². The Labute approximate surface area is 178 Å². The number of rotatable bonds is 6. The molecule has 0 amide bonds. The Hall–Kier alpha value is -1.08. The largest absolute Gasteiger partial charge is 0.481 e. The summed E-state index contributed by atoms with van der Waals surface area (Å²) < 4.78 is 6.20. The smallest absolute Gasteiger partial charge is 0.313 e. The number of nitrogens with one attached hydrogen (secondary N) is 1. The highest BCUT2D eigenvalue weighted by molar-refractivity contribution is 6.32. The van der Waals surface area contributed by atoms with Gasteiger partial charge in [0.05, 0.1) is 10.7 Å². The Morgan fingerprint density at radius 1 is 1.28 bits per heavy atom. The number of halogens is 1. The molecule has 2 bridgehead atoms. The van der Waals surface area contributed by atoms with Crippen LogP contribution in [0.1, 0.15) is 32.1 Å². The van der Waals surface area contributed by atoms with Gasteiger partial charge in [0.2, 0.25) is 0 Å². The highest BCUT2D eigenvalue weighted by atomic mass is 35.5. The molecule has 2 N–H and O–H groups in total. The first kappa shape index (κ1) is 21.2. The lowest BCUT2D eigenvalue weighted by Crippen LogP contribution is -2.67. The van der Waals surface area contributed by atoms with Gasteiger partial charge in [-0.1, -0.05) is 18.0 Å². The number of fused-ring (bicyclic) bond motifs is 3. The zero-order chi connectivity index (χ0) is 20.6. The molecule has 0 aromatic heterocycles. The molecule has 4 aliphatic heterocycles. The Bertz CT molecular complexity index is 683. The minimum atomic E-state index is -0.896. The van der Waals surface area contributed by atoms with Crippen molar-refractivity contribution in [1.82, 2.24) is 15.1 Å². The molecule has 4 heterocycles. The molecule has 5 rings (SSSR count). The van der Waals surface area contributed by atoms with Crippen molar-refractivity contribution in [3.05, 3.63) is 22.9 Å². The molecule has 7 heteroatoms. The normalized spacial score (nSPS) is 40.3. The van der Waals surface area contributed by atoms with E-state index in [2.05, 4.69) is 15.1 Å². The number of allylic oxidation sites excluding steroid dienone is 1. The van der Waals surface area contributed by atoms with Gasteiger partial charge in [-0.05, 0) is 69.9 Å². The van der Waals surface area contributed by atoms with Crippen LogP contribution in [0.3, 0.4) is 0 Å². The van der Waals surface area contributed by atoms with Crippen molar-refractivity contribution in [2.45, 2.75) is 43.7 Å². The summed E-state index contributed by atoms with van der Waals surface area (Å²) in [5.41, 5.74) is -0.133. The number of aliphatic carboxylic acids is 1. The van der Waals surface area contributed by atoms with E-state index in [0.717, 1.165) is 51.3 Å². The van der Waals surface area contributed by atoms with E-state index in [1.165, 1.54) is 19.3 Å². The maximum atomic E-state index is 12.4. The van der Waals surface area contributed by atoms with Crippen LogP contribution >= 0.6 is 11.6 Å². The van der Waals surface area contributed by atoms with E-state index in [1.54, 1.807) is 13.2 Å². The van der Waals surface area contributed by atoms with Gasteiger partial charge in [0.25, 0.3) is 0 Å². The lowest BCUT2D eigenvalue weighted by molar-refractivity contribution is -0.169. The molecular weight excluding hydrogens is 390 g/mol. The first-order valence-corrected chi connectivity index (χ1v) is 11.4. The van der Waals surface area contributed by atoms with Crippen LogP contribution < -0.4 is 5.32 Å². The minimum absolute atomic E-state index is 0.127. The lowest BCUT2D eigenvalue weighted by atomic mass is 9.60. The summed E-state index contributed by atoms with van der Waals surface area (Å²) in [5.74, 6) is -1.06. The molecule has 0 aromatic rings. The molecule has 162 valence electrons. The molecule has 4 unspecified atom stereocenters. The summed E-state index contributed by atoms with van der Waals surface area (Å²) in [6.45, 7) is 5.51. The number of ether oxygens (including phenoxy) is 1. The van der Waals surface area contributed by atoms with Crippen LogP contribution in [0.4, 0.5) is 0 Å². The monoisotopic (exact) mass is 423 g/mol. The first-order chi connectivity index (χ1) is 14.0. The van der Waals surface area contributed by atoms with Crippen LogP contribution in [-0.4, -0.2) is 79.4 Å². The van der Waals surface area contributed by atoms with Gasteiger partial charge in [0, 0.05) is 32.7 Å². The third-order valence-electron chi connectivity index (χ3n) is 7.70. The number of carboxylic acid groups (broad SMARTS) is 1. The Morgan fingerprint density at radius 3 is 2.55 bits per heavy atom. The highest BCUT2D eigenvalue weighted by Gasteiger charge is 2.58. The molecule has 1 aliphatic carbocycles.